The Bertz CT molecular complexity index is 337. The topological polar surface area (TPSA) is 53.0 Å². The minimum Gasteiger partial charge on any atom is -0.399 e. The second-order valence-electron chi connectivity index (χ2n) is 3.83. The Morgan fingerprint density at radius 3 is 2.50 bits per heavy atom. The van der Waals surface area contributed by atoms with E-state index < -0.39 is 0 Å². The second-order valence-corrected chi connectivity index (χ2v) is 3.83. The predicted molar refractivity (Wildman–Crippen MR) is 66.9 cm³/mol. The number of likely N-dealkylation sites (N-methyl/N-ethyl adjacent to an activating group) is 1. The summed E-state index contributed by atoms with van der Waals surface area (Å²) in [7, 11) is 0. The standard InChI is InChI=1S/C13H19N3/c1-2-16(10-3-9-14)11-8-12-4-6-13(15)7-5-12/h4-7H,2-3,8,10-11,15H2,1H3. The van der Waals surface area contributed by atoms with Crippen molar-refractivity contribution >= 4 is 5.69 Å². The maximum Gasteiger partial charge on any atom is 0.0635 e. The fourth-order valence-corrected chi connectivity index (χ4v) is 1.61. The number of nitrogen functional groups attached to an aromatic ring is 1. The van der Waals surface area contributed by atoms with Crippen LogP contribution in [0.4, 0.5) is 5.69 Å². The summed E-state index contributed by atoms with van der Waals surface area (Å²) in [4.78, 5) is 2.29. The van der Waals surface area contributed by atoms with E-state index in [0.717, 1.165) is 31.7 Å². The highest BCUT2D eigenvalue weighted by molar-refractivity contribution is 5.39. The Morgan fingerprint density at radius 1 is 1.25 bits per heavy atom. The lowest BCUT2D eigenvalue weighted by Gasteiger charge is -2.18. The molecule has 0 radical (unpaired) electrons. The maximum atomic E-state index is 8.54. The summed E-state index contributed by atoms with van der Waals surface area (Å²) < 4.78 is 0. The van der Waals surface area contributed by atoms with Gasteiger partial charge in [0.15, 0.2) is 0 Å². The highest BCUT2D eigenvalue weighted by Crippen LogP contribution is 2.06. The van der Waals surface area contributed by atoms with Crippen LogP contribution in [0.5, 0.6) is 0 Å². The zero-order chi connectivity index (χ0) is 11.8. The number of hydrogen-bond acceptors (Lipinski definition) is 3. The van der Waals surface area contributed by atoms with Crippen LogP contribution in [0.25, 0.3) is 0 Å². The minimum atomic E-state index is 0.607. The van der Waals surface area contributed by atoms with Crippen LogP contribution in [0, 0.1) is 11.3 Å². The van der Waals surface area contributed by atoms with E-state index in [-0.39, 0.29) is 0 Å². The van der Waals surface area contributed by atoms with E-state index in [1.54, 1.807) is 0 Å². The quantitative estimate of drug-likeness (QED) is 0.742. The van der Waals surface area contributed by atoms with Gasteiger partial charge < -0.3 is 10.6 Å². The van der Waals surface area contributed by atoms with Crippen LogP contribution in [0.15, 0.2) is 24.3 Å². The van der Waals surface area contributed by atoms with Crippen LogP contribution in [0.2, 0.25) is 0 Å². The van der Waals surface area contributed by atoms with Gasteiger partial charge in [0.1, 0.15) is 0 Å². The lowest BCUT2D eigenvalue weighted by atomic mass is 10.1. The predicted octanol–water partition coefficient (Wildman–Crippen LogP) is 2.05. The lowest BCUT2D eigenvalue weighted by Crippen LogP contribution is -2.26. The van der Waals surface area contributed by atoms with Crippen molar-refractivity contribution in [3.8, 4) is 6.07 Å². The van der Waals surface area contributed by atoms with E-state index in [4.69, 9.17) is 11.0 Å². The molecule has 1 rings (SSSR count). The van der Waals surface area contributed by atoms with Gasteiger partial charge in [-0.15, -0.1) is 0 Å². The maximum absolute atomic E-state index is 8.54. The van der Waals surface area contributed by atoms with Crippen molar-refractivity contribution in [1.82, 2.24) is 4.90 Å². The zero-order valence-electron chi connectivity index (χ0n) is 9.82. The van der Waals surface area contributed by atoms with Crippen LogP contribution < -0.4 is 5.73 Å². The monoisotopic (exact) mass is 217 g/mol. The van der Waals surface area contributed by atoms with E-state index in [1.807, 2.05) is 12.1 Å². The van der Waals surface area contributed by atoms with Gasteiger partial charge in [-0.25, -0.2) is 0 Å². The van der Waals surface area contributed by atoms with Gasteiger partial charge in [-0.3, -0.25) is 0 Å². The van der Waals surface area contributed by atoms with Crippen molar-refractivity contribution in [1.29, 1.82) is 5.26 Å². The molecule has 0 saturated heterocycles. The molecule has 16 heavy (non-hydrogen) atoms. The Morgan fingerprint density at radius 2 is 1.94 bits per heavy atom. The largest absolute Gasteiger partial charge is 0.399 e. The summed E-state index contributed by atoms with van der Waals surface area (Å²) in [6.07, 6.45) is 1.62. The van der Waals surface area contributed by atoms with Gasteiger partial charge in [-0.2, -0.15) is 5.26 Å². The highest BCUT2D eigenvalue weighted by Gasteiger charge is 2.02. The van der Waals surface area contributed by atoms with Gasteiger partial charge in [0.05, 0.1) is 6.07 Å². The van der Waals surface area contributed by atoms with Crippen molar-refractivity contribution in [2.24, 2.45) is 0 Å². The second kappa shape index (κ2) is 6.86. The Balaban J connectivity index is 2.37. The Labute approximate surface area is 97.5 Å². The molecule has 0 amide bonds. The van der Waals surface area contributed by atoms with Gasteiger partial charge in [0.2, 0.25) is 0 Å². The van der Waals surface area contributed by atoms with E-state index in [2.05, 4.69) is 30.0 Å². The molecule has 0 saturated carbocycles. The molecular formula is C13H19N3. The first-order valence-corrected chi connectivity index (χ1v) is 5.70. The van der Waals surface area contributed by atoms with Crippen molar-refractivity contribution < 1.29 is 0 Å². The molecule has 0 unspecified atom stereocenters. The fourth-order valence-electron chi connectivity index (χ4n) is 1.61. The number of anilines is 1. The summed E-state index contributed by atoms with van der Waals surface area (Å²) in [5.74, 6) is 0. The summed E-state index contributed by atoms with van der Waals surface area (Å²) in [5.41, 5.74) is 7.73. The Hall–Kier alpha value is -1.53. The highest BCUT2D eigenvalue weighted by atomic mass is 15.1. The third-order valence-electron chi connectivity index (χ3n) is 2.68. The normalized spacial score (nSPS) is 10.3. The van der Waals surface area contributed by atoms with Gasteiger partial charge in [-0.05, 0) is 30.7 Å². The molecule has 0 heterocycles. The molecule has 86 valence electrons. The molecule has 0 aliphatic rings. The number of nitrogens with zero attached hydrogens (tertiary/aromatic N) is 2. The molecule has 1 aromatic rings. The fraction of sp³-hybridized carbons (Fsp3) is 0.462. The molecule has 0 spiro atoms. The van der Waals surface area contributed by atoms with Crippen LogP contribution >= 0.6 is 0 Å². The van der Waals surface area contributed by atoms with E-state index in [9.17, 15) is 0 Å². The molecule has 3 heteroatoms. The zero-order valence-corrected chi connectivity index (χ0v) is 9.82. The third kappa shape index (κ3) is 4.33. The molecule has 0 aliphatic carbocycles. The van der Waals surface area contributed by atoms with Gasteiger partial charge in [-0.1, -0.05) is 19.1 Å². The third-order valence-corrected chi connectivity index (χ3v) is 2.68. The SMILES string of the molecule is CCN(CCC#N)CCc1ccc(N)cc1. The summed E-state index contributed by atoms with van der Waals surface area (Å²) in [6, 6.07) is 10.2. The van der Waals surface area contributed by atoms with E-state index in [1.165, 1.54) is 5.56 Å². The van der Waals surface area contributed by atoms with Gasteiger partial charge >= 0.3 is 0 Å². The van der Waals surface area contributed by atoms with Crippen LogP contribution in [-0.4, -0.2) is 24.5 Å². The molecule has 0 fully saturated rings. The van der Waals surface area contributed by atoms with Crippen LogP contribution in [0.3, 0.4) is 0 Å². The lowest BCUT2D eigenvalue weighted by molar-refractivity contribution is 0.298. The molecule has 0 bridgehead atoms. The number of benzene rings is 1. The molecule has 0 aromatic heterocycles. The van der Waals surface area contributed by atoms with Crippen molar-refractivity contribution in [3.63, 3.8) is 0 Å². The number of nitriles is 1. The van der Waals surface area contributed by atoms with E-state index in [0.29, 0.717) is 6.42 Å². The summed E-state index contributed by atoms with van der Waals surface area (Å²) in [5, 5.41) is 8.54. The average molecular weight is 217 g/mol. The van der Waals surface area contributed by atoms with Gasteiger partial charge in [0, 0.05) is 25.2 Å². The van der Waals surface area contributed by atoms with Crippen molar-refractivity contribution in [3.05, 3.63) is 29.8 Å². The van der Waals surface area contributed by atoms with E-state index >= 15 is 0 Å². The first kappa shape index (κ1) is 12.5. The van der Waals surface area contributed by atoms with Crippen LogP contribution in [-0.2, 0) is 6.42 Å². The molecule has 1 aromatic carbocycles. The van der Waals surface area contributed by atoms with Crippen LogP contribution in [0.1, 0.15) is 18.9 Å². The number of rotatable bonds is 6. The summed E-state index contributed by atoms with van der Waals surface area (Å²) >= 11 is 0. The molecule has 0 atom stereocenters. The smallest absolute Gasteiger partial charge is 0.0635 e. The van der Waals surface area contributed by atoms with Crippen molar-refractivity contribution in [2.45, 2.75) is 19.8 Å². The molecule has 2 N–H and O–H groups in total. The van der Waals surface area contributed by atoms with Crippen molar-refractivity contribution in [2.75, 3.05) is 25.4 Å². The van der Waals surface area contributed by atoms with Gasteiger partial charge in [0.25, 0.3) is 0 Å². The summed E-state index contributed by atoms with van der Waals surface area (Å²) in [6.45, 7) is 4.99. The average Bonchev–Trinajstić information content (AvgIpc) is 2.32. The first-order valence-electron chi connectivity index (χ1n) is 5.70. The number of nitrogens with two attached hydrogens (primary N) is 1. The Kier molecular flexibility index (Phi) is 5.38. The molecule has 0 aliphatic heterocycles. The molecular weight excluding hydrogens is 198 g/mol. The minimum absolute atomic E-state index is 0.607. The first-order chi connectivity index (χ1) is 7.76. The molecule has 3 nitrogen and oxygen atoms in total. The number of hydrogen-bond donors (Lipinski definition) is 1.